The van der Waals surface area contributed by atoms with Gasteiger partial charge in [-0.2, -0.15) is 4.31 Å². The summed E-state index contributed by atoms with van der Waals surface area (Å²) in [6.45, 7) is 7.20. The fourth-order valence-electron chi connectivity index (χ4n) is 3.46. The second-order valence-corrected chi connectivity index (χ2v) is 8.36. The highest BCUT2D eigenvalue weighted by Gasteiger charge is 2.42. The van der Waals surface area contributed by atoms with Gasteiger partial charge < -0.3 is 14.0 Å². The molecule has 0 spiro atoms. The van der Waals surface area contributed by atoms with E-state index in [9.17, 15) is 18.0 Å². The Balaban J connectivity index is 2.59. The van der Waals surface area contributed by atoms with Gasteiger partial charge in [0.25, 0.3) is 0 Å². The minimum Gasteiger partial charge on any atom is -0.465 e. The molecule has 8 nitrogen and oxygen atoms in total. The van der Waals surface area contributed by atoms with Crippen molar-refractivity contribution in [3.63, 3.8) is 0 Å². The van der Waals surface area contributed by atoms with Gasteiger partial charge in [0, 0.05) is 25.0 Å². The third kappa shape index (κ3) is 3.89. The third-order valence-corrected chi connectivity index (χ3v) is 7.05. The Morgan fingerprint density at radius 3 is 2.30 bits per heavy atom. The molecular formula is C18H28N2O6S. The summed E-state index contributed by atoms with van der Waals surface area (Å²) in [5.74, 6) is -1.23. The molecule has 1 aliphatic rings. The molecule has 0 saturated carbocycles. The van der Waals surface area contributed by atoms with Crippen molar-refractivity contribution >= 4 is 22.0 Å². The van der Waals surface area contributed by atoms with Crippen LogP contribution in [0.3, 0.4) is 0 Å². The van der Waals surface area contributed by atoms with E-state index >= 15 is 0 Å². The zero-order chi connectivity index (χ0) is 20.4. The fourth-order valence-corrected chi connectivity index (χ4v) is 5.59. The lowest BCUT2D eigenvalue weighted by Crippen LogP contribution is -2.48. The molecule has 0 aromatic carbocycles. The first kappa shape index (κ1) is 21.4. The highest BCUT2D eigenvalue weighted by molar-refractivity contribution is 7.89. The first-order valence-electron chi connectivity index (χ1n) is 9.19. The number of piperidine rings is 1. The Labute approximate surface area is 160 Å². The van der Waals surface area contributed by atoms with Crippen molar-refractivity contribution in [3.8, 4) is 0 Å². The first-order valence-corrected chi connectivity index (χ1v) is 10.6. The van der Waals surface area contributed by atoms with Gasteiger partial charge >= 0.3 is 11.9 Å². The molecule has 1 fully saturated rings. The molecule has 9 heteroatoms. The first-order chi connectivity index (χ1) is 12.7. The third-order valence-electron chi connectivity index (χ3n) is 4.98. The molecular weight excluding hydrogens is 372 g/mol. The predicted octanol–water partition coefficient (Wildman–Crippen LogP) is 1.92. The van der Waals surface area contributed by atoms with E-state index in [-0.39, 0.29) is 30.2 Å². The maximum absolute atomic E-state index is 13.5. The summed E-state index contributed by atoms with van der Waals surface area (Å²) in [5, 5.41) is 0. The second kappa shape index (κ2) is 8.43. The summed E-state index contributed by atoms with van der Waals surface area (Å²) in [4.78, 5) is 24.7. The molecule has 1 atom stereocenters. The van der Waals surface area contributed by atoms with Crippen LogP contribution < -0.4 is 0 Å². The molecule has 1 aromatic heterocycles. The number of aromatic nitrogens is 1. The van der Waals surface area contributed by atoms with Crippen LogP contribution in [0, 0.1) is 13.8 Å². The molecule has 0 unspecified atom stereocenters. The number of esters is 2. The van der Waals surface area contributed by atoms with Gasteiger partial charge in [0.1, 0.15) is 16.5 Å². The average molecular weight is 400 g/mol. The van der Waals surface area contributed by atoms with Gasteiger partial charge in [0.2, 0.25) is 10.0 Å². The second-order valence-electron chi connectivity index (χ2n) is 6.53. The molecule has 0 bridgehead atoms. The molecule has 0 radical (unpaired) electrons. The Kier molecular flexibility index (Phi) is 6.69. The van der Waals surface area contributed by atoms with E-state index in [4.69, 9.17) is 9.47 Å². The van der Waals surface area contributed by atoms with E-state index in [1.54, 1.807) is 39.3 Å². The van der Waals surface area contributed by atoms with Crippen molar-refractivity contribution < 1.29 is 27.5 Å². The van der Waals surface area contributed by atoms with Crippen LogP contribution in [-0.4, -0.2) is 55.0 Å². The summed E-state index contributed by atoms with van der Waals surface area (Å²) in [6.07, 6.45) is 1.79. The van der Waals surface area contributed by atoms with E-state index in [1.807, 2.05) is 0 Å². The Morgan fingerprint density at radius 1 is 1.07 bits per heavy atom. The number of sulfonamides is 1. The molecule has 2 heterocycles. The van der Waals surface area contributed by atoms with Crippen LogP contribution in [0.15, 0.2) is 4.90 Å². The van der Waals surface area contributed by atoms with Crippen LogP contribution in [0.25, 0.3) is 0 Å². The number of hydrogen-bond donors (Lipinski definition) is 0. The summed E-state index contributed by atoms with van der Waals surface area (Å²) in [7, 11) is -2.39. The molecule has 0 N–H and O–H groups in total. The molecule has 0 aliphatic carbocycles. The lowest BCUT2D eigenvalue weighted by atomic mass is 10.1. The standard InChI is InChI=1S/C18H28N2O6S/c1-6-25-17(21)14-10-8-9-11-20(14)27(23,24)16-13(4)19(5)12(3)15(16)18(22)26-7-2/h14H,6-11H2,1-5H3/t14-/m0/s1. The molecule has 1 saturated heterocycles. The van der Waals surface area contributed by atoms with Gasteiger partial charge in [0.05, 0.1) is 13.2 Å². The fraction of sp³-hybridized carbons (Fsp3) is 0.667. The number of hydrogen-bond acceptors (Lipinski definition) is 6. The van der Waals surface area contributed by atoms with Crippen molar-refractivity contribution in [1.82, 2.24) is 8.87 Å². The minimum atomic E-state index is -4.09. The number of carbonyl (C=O) groups is 2. The van der Waals surface area contributed by atoms with E-state index < -0.39 is 28.0 Å². The van der Waals surface area contributed by atoms with Crippen LogP contribution in [0.4, 0.5) is 0 Å². The zero-order valence-corrected chi connectivity index (χ0v) is 17.4. The molecule has 2 rings (SSSR count). The van der Waals surface area contributed by atoms with E-state index in [1.165, 1.54) is 4.31 Å². The summed E-state index contributed by atoms with van der Waals surface area (Å²) >= 11 is 0. The number of carbonyl (C=O) groups excluding carboxylic acids is 2. The van der Waals surface area contributed by atoms with Crippen molar-refractivity contribution in [2.75, 3.05) is 19.8 Å². The van der Waals surface area contributed by atoms with Crippen LogP contribution >= 0.6 is 0 Å². The molecule has 1 aliphatic heterocycles. The SMILES string of the molecule is CCOC(=O)c1c(S(=O)(=O)N2CCCC[C@H]2C(=O)OCC)c(C)n(C)c1C. The Bertz CT molecular complexity index is 827. The van der Waals surface area contributed by atoms with Crippen LogP contribution in [0.1, 0.15) is 54.9 Å². The van der Waals surface area contributed by atoms with Gasteiger partial charge in [-0.3, -0.25) is 4.79 Å². The molecule has 0 amide bonds. The highest BCUT2D eigenvalue weighted by Crippen LogP contribution is 2.33. The zero-order valence-electron chi connectivity index (χ0n) is 16.6. The quantitative estimate of drug-likeness (QED) is 0.677. The molecule has 1 aromatic rings. The lowest BCUT2D eigenvalue weighted by molar-refractivity contribution is -0.148. The van der Waals surface area contributed by atoms with Crippen LogP contribution in [0.2, 0.25) is 0 Å². The molecule has 152 valence electrons. The van der Waals surface area contributed by atoms with E-state index in [0.717, 1.165) is 6.42 Å². The van der Waals surface area contributed by atoms with Gasteiger partial charge in [0.15, 0.2) is 0 Å². The van der Waals surface area contributed by atoms with Crippen LogP contribution in [0.5, 0.6) is 0 Å². The van der Waals surface area contributed by atoms with E-state index in [0.29, 0.717) is 24.2 Å². The van der Waals surface area contributed by atoms with Crippen molar-refractivity contribution in [3.05, 3.63) is 17.0 Å². The minimum absolute atomic E-state index is 0.0324. The summed E-state index contributed by atoms with van der Waals surface area (Å²) in [5.41, 5.74) is 0.975. The highest BCUT2D eigenvalue weighted by atomic mass is 32.2. The maximum Gasteiger partial charge on any atom is 0.341 e. The number of nitrogens with zero attached hydrogens (tertiary/aromatic N) is 2. The molecule has 27 heavy (non-hydrogen) atoms. The number of ether oxygens (including phenoxy) is 2. The average Bonchev–Trinajstić information content (AvgIpc) is 2.86. The summed E-state index contributed by atoms with van der Waals surface area (Å²) in [6, 6.07) is -0.876. The number of rotatable bonds is 6. The van der Waals surface area contributed by atoms with Gasteiger partial charge in [-0.05, 0) is 47.0 Å². The topological polar surface area (TPSA) is 94.9 Å². The van der Waals surface area contributed by atoms with Gasteiger partial charge in [-0.15, -0.1) is 0 Å². The van der Waals surface area contributed by atoms with E-state index in [2.05, 4.69) is 0 Å². The Morgan fingerprint density at radius 2 is 1.70 bits per heavy atom. The van der Waals surface area contributed by atoms with Crippen LogP contribution in [-0.2, 0) is 31.3 Å². The smallest absolute Gasteiger partial charge is 0.341 e. The predicted molar refractivity (Wildman–Crippen MR) is 99.0 cm³/mol. The monoisotopic (exact) mass is 400 g/mol. The van der Waals surface area contributed by atoms with Crippen molar-refractivity contribution in [2.45, 2.75) is 57.9 Å². The van der Waals surface area contributed by atoms with Crippen molar-refractivity contribution in [1.29, 1.82) is 0 Å². The lowest BCUT2D eigenvalue weighted by Gasteiger charge is -2.33. The van der Waals surface area contributed by atoms with Crippen molar-refractivity contribution in [2.24, 2.45) is 7.05 Å². The van der Waals surface area contributed by atoms with Gasteiger partial charge in [-0.1, -0.05) is 0 Å². The maximum atomic E-state index is 13.5. The largest absolute Gasteiger partial charge is 0.465 e. The van der Waals surface area contributed by atoms with Gasteiger partial charge in [-0.25, -0.2) is 13.2 Å². The summed E-state index contributed by atoms with van der Waals surface area (Å²) < 4.78 is 40.0. The normalized spacial score (nSPS) is 18.3. The Hall–Kier alpha value is -1.87.